The Morgan fingerprint density at radius 3 is 2.48 bits per heavy atom. The van der Waals surface area contributed by atoms with Crippen molar-refractivity contribution in [3.63, 3.8) is 0 Å². The number of hydrogen-bond acceptors (Lipinski definition) is 4. The first-order valence-electron chi connectivity index (χ1n) is 8.62. The summed E-state index contributed by atoms with van der Waals surface area (Å²) in [6, 6.07) is 0. The SMILES string of the molecule is Cn1c(CO)cnc1SCC(=O)NC12CC3CC(CC(C3)C1)C2. The van der Waals surface area contributed by atoms with Crippen molar-refractivity contribution in [1.29, 1.82) is 0 Å². The summed E-state index contributed by atoms with van der Waals surface area (Å²) in [5.41, 5.74) is 0.860. The second-order valence-electron chi connectivity index (χ2n) is 7.78. The van der Waals surface area contributed by atoms with Crippen LogP contribution in [0.5, 0.6) is 0 Å². The molecule has 4 bridgehead atoms. The molecule has 4 fully saturated rings. The second kappa shape index (κ2) is 5.81. The molecule has 1 aromatic heterocycles. The number of aliphatic hydroxyl groups is 1. The molecule has 0 unspecified atom stereocenters. The van der Waals surface area contributed by atoms with Gasteiger partial charge in [-0.25, -0.2) is 4.98 Å². The zero-order valence-corrected chi connectivity index (χ0v) is 14.4. The molecule has 0 radical (unpaired) electrons. The third-order valence-electron chi connectivity index (χ3n) is 5.98. The van der Waals surface area contributed by atoms with Crippen LogP contribution in [-0.2, 0) is 18.4 Å². The summed E-state index contributed by atoms with van der Waals surface area (Å²) in [6.45, 7) is -0.0243. The number of aromatic nitrogens is 2. The van der Waals surface area contributed by atoms with Gasteiger partial charge in [-0.05, 0) is 56.3 Å². The zero-order chi connectivity index (χ0) is 16.0. The Labute approximate surface area is 141 Å². The molecule has 4 aliphatic rings. The van der Waals surface area contributed by atoms with Crippen molar-refractivity contribution in [2.75, 3.05) is 5.75 Å². The fourth-order valence-electron chi connectivity index (χ4n) is 5.43. The average molecular weight is 335 g/mol. The van der Waals surface area contributed by atoms with Crippen LogP contribution in [0.25, 0.3) is 0 Å². The van der Waals surface area contributed by atoms with Crippen molar-refractivity contribution in [2.45, 2.75) is 55.8 Å². The Hall–Kier alpha value is -1.01. The lowest BCUT2D eigenvalue weighted by atomic mass is 9.53. The van der Waals surface area contributed by atoms with E-state index >= 15 is 0 Å². The van der Waals surface area contributed by atoms with E-state index in [-0.39, 0.29) is 18.1 Å². The number of imidazole rings is 1. The van der Waals surface area contributed by atoms with E-state index in [9.17, 15) is 9.90 Å². The number of hydrogen-bond donors (Lipinski definition) is 2. The van der Waals surface area contributed by atoms with Crippen LogP contribution in [0, 0.1) is 17.8 Å². The molecule has 5 nitrogen and oxygen atoms in total. The highest BCUT2D eigenvalue weighted by atomic mass is 32.2. The van der Waals surface area contributed by atoms with E-state index < -0.39 is 0 Å². The number of carbonyl (C=O) groups excluding carboxylic acids is 1. The number of carbonyl (C=O) groups is 1. The molecular weight excluding hydrogens is 310 g/mol. The van der Waals surface area contributed by atoms with E-state index in [1.54, 1.807) is 6.20 Å². The fraction of sp³-hybridized carbons (Fsp3) is 0.765. The number of rotatable bonds is 5. The third-order valence-corrected chi connectivity index (χ3v) is 7.02. The van der Waals surface area contributed by atoms with Crippen LogP contribution >= 0.6 is 11.8 Å². The maximum absolute atomic E-state index is 12.5. The predicted molar refractivity (Wildman–Crippen MR) is 88.9 cm³/mol. The first-order chi connectivity index (χ1) is 11.1. The summed E-state index contributed by atoms with van der Waals surface area (Å²) >= 11 is 1.45. The summed E-state index contributed by atoms with van der Waals surface area (Å²) < 4.78 is 1.85. The van der Waals surface area contributed by atoms with Crippen LogP contribution in [0.3, 0.4) is 0 Å². The van der Waals surface area contributed by atoms with E-state index in [1.165, 1.54) is 50.3 Å². The minimum Gasteiger partial charge on any atom is -0.390 e. The lowest BCUT2D eigenvalue weighted by Gasteiger charge is -2.56. The normalized spacial score (nSPS) is 34.8. The van der Waals surface area contributed by atoms with Gasteiger partial charge in [0.25, 0.3) is 0 Å². The Balaban J connectivity index is 1.36. The summed E-state index contributed by atoms with van der Waals surface area (Å²) in [5, 5.41) is 13.4. The Kier molecular flexibility index (Phi) is 3.92. The number of nitrogens with zero attached hydrogens (tertiary/aromatic N) is 2. The van der Waals surface area contributed by atoms with Gasteiger partial charge in [0.2, 0.25) is 5.91 Å². The molecule has 2 N–H and O–H groups in total. The van der Waals surface area contributed by atoms with Crippen LogP contribution in [-0.4, -0.2) is 31.9 Å². The van der Waals surface area contributed by atoms with Gasteiger partial charge >= 0.3 is 0 Å². The van der Waals surface area contributed by atoms with Crippen molar-refractivity contribution in [2.24, 2.45) is 24.8 Å². The van der Waals surface area contributed by atoms with Crippen LogP contribution in [0.2, 0.25) is 0 Å². The highest BCUT2D eigenvalue weighted by molar-refractivity contribution is 7.99. The monoisotopic (exact) mass is 335 g/mol. The minimum atomic E-state index is -0.0243. The molecule has 23 heavy (non-hydrogen) atoms. The van der Waals surface area contributed by atoms with E-state index in [0.29, 0.717) is 5.75 Å². The smallest absolute Gasteiger partial charge is 0.230 e. The van der Waals surface area contributed by atoms with Crippen molar-refractivity contribution in [3.8, 4) is 0 Å². The topological polar surface area (TPSA) is 67.1 Å². The molecule has 0 aliphatic heterocycles. The molecule has 4 saturated carbocycles. The highest BCUT2D eigenvalue weighted by Crippen LogP contribution is 2.55. The summed E-state index contributed by atoms with van der Waals surface area (Å²) in [7, 11) is 1.87. The van der Waals surface area contributed by atoms with Gasteiger partial charge in [0.1, 0.15) is 0 Å². The Bertz CT molecular complexity index is 578. The van der Waals surface area contributed by atoms with Gasteiger partial charge in [-0.3, -0.25) is 4.79 Å². The van der Waals surface area contributed by atoms with Crippen molar-refractivity contribution < 1.29 is 9.90 Å². The van der Waals surface area contributed by atoms with Crippen molar-refractivity contribution in [1.82, 2.24) is 14.9 Å². The maximum Gasteiger partial charge on any atom is 0.230 e. The number of amides is 1. The van der Waals surface area contributed by atoms with Crippen molar-refractivity contribution >= 4 is 17.7 Å². The van der Waals surface area contributed by atoms with Crippen LogP contribution in [0.1, 0.15) is 44.2 Å². The van der Waals surface area contributed by atoms with Gasteiger partial charge < -0.3 is 15.0 Å². The van der Waals surface area contributed by atoms with Gasteiger partial charge in [0.05, 0.1) is 24.3 Å². The highest BCUT2D eigenvalue weighted by Gasteiger charge is 2.51. The lowest BCUT2D eigenvalue weighted by Crippen LogP contribution is -2.60. The zero-order valence-electron chi connectivity index (χ0n) is 13.6. The fourth-order valence-corrected chi connectivity index (χ4v) is 6.20. The largest absolute Gasteiger partial charge is 0.390 e. The maximum atomic E-state index is 12.5. The van der Waals surface area contributed by atoms with Crippen LogP contribution < -0.4 is 5.32 Å². The molecule has 0 aromatic carbocycles. The first-order valence-corrected chi connectivity index (χ1v) is 9.61. The number of nitrogens with one attached hydrogen (secondary N) is 1. The van der Waals surface area contributed by atoms with Gasteiger partial charge in [-0.2, -0.15) is 0 Å². The van der Waals surface area contributed by atoms with E-state index in [0.717, 1.165) is 28.6 Å². The number of aliphatic hydroxyl groups excluding tert-OH is 1. The molecule has 126 valence electrons. The van der Waals surface area contributed by atoms with E-state index in [1.807, 2.05) is 11.6 Å². The summed E-state index contributed by atoms with van der Waals surface area (Å²) in [5.74, 6) is 3.06. The van der Waals surface area contributed by atoms with Gasteiger partial charge in [-0.15, -0.1) is 0 Å². The summed E-state index contributed by atoms with van der Waals surface area (Å²) in [6.07, 6.45) is 9.40. The third kappa shape index (κ3) is 2.91. The Morgan fingerprint density at radius 1 is 1.35 bits per heavy atom. The molecule has 4 aliphatic carbocycles. The molecule has 1 heterocycles. The molecular formula is C17H25N3O2S. The van der Waals surface area contributed by atoms with Crippen molar-refractivity contribution in [3.05, 3.63) is 11.9 Å². The first kappa shape index (κ1) is 15.5. The predicted octanol–water partition coefficient (Wildman–Crippen LogP) is 2.09. The van der Waals surface area contributed by atoms with E-state index in [4.69, 9.17) is 0 Å². The van der Waals surface area contributed by atoms with Gasteiger partial charge in [0, 0.05) is 12.6 Å². The molecule has 5 rings (SSSR count). The summed E-state index contributed by atoms with van der Waals surface area (Å²) in [4.78, 5) is 16.7. The minimum absolute atomic E-state index is 0.0243. The molecule has 6 heteroatoms. The van der Waals surface area contributed by atoms with Gasteiger partial charge in [0.15, 0.2) is 5.16 Å². The quantitative estimate of drug-likeness (QED) is 0.809. The molecule has 0 spiro atoms. The second-order valence-corrected chi connectivity index (χ2v) is 8.73. The van der Waals surface area contributed by atoms with E-state index in [2.05, 4.69) is 10.3 Å². The number of thioether (sulfide) groups is 1. The van der Waals surface area contributed by atoms with Crippen LogP contribution in [0.15, 0.2) is 11.4 Å². The standard InChI is InChI=1S/C17H25N3O2S/c1-20-14(9-21)8-18-16(20)23-10-15(22)19-17-5-11-2-12(6-17)4-13(3-11)7-17/h8,11-13,21H,2-7,9-10H2,1H3,(H,19,22). The Morgan fingerprint density at radius 2 is 1.96 bits per heavy atom. The average Bonchev–Trinajstić information content (AvgIpc) is 2.83. The van der Waals surface area contributed by atoms with Gasteiger partial charge in [-0.1, -0.05) is 11.8 Å². The molecule has 0 saturated heterocycles. The lowest BCUT2D eigenvalue weighted by molar-refractivity contribution is -0.124. The van der Waals surface area contributed by atoms with Crippen LogP contribution in [0.4, 0.5) is 0 Å². The molecule has 0 atom stereocenters. The molecule has 1 amide bonds. The molecule has 1 aromatic rings.